The summed E-state index contributed by atoms with van der Waals surface area (Å²) >= 11 is 0. The molecular weight excluding hydrogens is 294 g/mol. The van der Waals surface area contributed by atoms with Crippen LogP contribution < -0.4 is 9.05 Å². The fraction of sp³-hybridized carbons (Fsp3) is 0. The smallest absolute Gasteiger partial charge is 0.291 e. The highest BCUT2D eigenvalue weighted by Gasteiger charge is 2.21. The monoisotopic (exact) mass is 310 g/mol. The van der Waals surface area contributed by atoms with Gasteiger partial charge in [-0.05, 0) is 12.1 Å². The van der Waals surface area contributed by atoms with Crippen LogP contribution in [0.15, 0.2) is 73.8 Å². The van der Waals surface area contributed by atoms with Crippen LogP contribution in [0.25, 0.3) is 0 Å². The molecule has 0 aliphatic heterocycles. The van der Waals surface area contributed by atoms with Gasteiger partial charge in [-0.1, -0.05) is 38.4 Å². The van der Waals surface area contributed by atoms with E-state index in [-0.39, 0.29) is 11.5 Å². The van der Waals surface area contributed by atoms with Gasteiger partial charge in [0.05, 0.1) is 0 Å². The minimum atomic E-state index is -3.21. The van der Waals surface area contributed by atoms with Gasteiger partial charge in [-0.25, -0.2) is 0 Å². The summed E-state index contributed by atoms with van der Waals surface area (Å²) in [6.07, 6.45) is 0. The lowest BCUT2D eigenvalue weighted by Crippen LogP contribution is -1.93. The summed E-state index contributed by atoms with van der Waals surface area (Å²) in [7, 11) is -6.41. The Morgan fingerprint density at radius 3 is 1.30 bits per heavy atom. The van der Waals surface area contributed by atoms with Crippen LogP contribution in [0, 0.1) is 0 Å². The Morgan fingerprint density at radius 2 is 1.05 bits per heavy atom. The lowest BCUT2D eigenvalue weighted by molar-refractivity contribution is 0.465. The van der Waals surface area contributed by atoms with Crippen molar-refractivity contribution in [2.24, 2.45) is 0 Å². The van der Waals surface area contributed by atoms with Gasteiger partial charge in [0, 0.05) is 23.3 Å². The molecule has 0 aliphatic rings. The van der Waals surface area contributed by atoms with Crippen LogP contribution in [0.4, 0.5) is 0 Å². The molecule has 0 amide bonds. The average Bonchev–Trinajstić information content (AvgIpc) is 2.49. The van der Waals surface area contributed by atoms with Crippen molar-refractivity contribution < 1.29 is 18.2 Å². The van der Waals surface area contributed by atoms with E-state index < -0.39 is 14.7 Å². The first-order valence-corrected chi connectivity index (χ1v) is 9.16. The summed E-state index contributed by atoms with van der Waals surface area (Å²) in [5, 5.41) is 0. The van der Waals surface area contributed by atoms with Crippen LogP contribution in [0.1, 0.15) is 0 Å². The molecule has 0 heterocycles. The SMILES string of the molecule is C=CP(=O)(C=C)Oc1ccccc1OP(=O)(C=C)C=C. The average molecular weight is 310 g/mol. The molecule has 0 aliphatic carbocycles. The molecule has 1 rings (SSSR count). The summed E-state index contributed by atoms with van der Waals surface area (Å²) in [4.78, 5) is 0. The fourth-order valence-corrected chi connectivity index (χ4v) is 2.72. The Bertz CT molecular complexity index is 555. The van der Waals surface area contributed by atoms with Gasteiger partial charge >= 0.3 is 0 Å². The number of rotatable bonds is 8. The van der Waals surface area contributed by atoms with E-state index in [0.717, 1.165) is 0 Å². The van der Waals surface area contributed by atoms with Gasteiger partial charge in [0.15, 0.2) is 11.5 Å². The van der Waals surface area contributed by atoms with Gasteiger partial charge in [-0.3, -0.25) is 9.13 Å². The van der Waals surface area contributed by atoms with Gasteiger partial charge < -0.3 is 9.05 Å². The zero-order valence-corrected chi connectivity index (χ0v) is 12.8. The van der Waals surface area contributed by atoms with E-state index in [1.807, 2.05) is 0 Å². The third-order valence-electron chi connectivity index (χ3n) is 2.35. The van der Waals surface area contributed by atoms with Crippen molar-refractivity contribution in [3.8, 4) is 11.5 Å². The van der Waals surface area contributed by atoms with Gasteiger partial charge in [0.1, 0.15) is 0 Å². The molecule has 0 spiro atoms. The lowest BCUT2D eigenvalue weighted by atomic mass is 10.3. The van der Waals surface area contributed by atoms with Crippen LogP contribution >= 0.6 is 14.7 Å². The molecule has 0 unspecified atom stereocenters. The Balaban J connectivity index is 3.18. The molecule has 0 bridgehead atoms. The van der Waals surface area contributed by atoms with Gasteiger partial charge in [0.2, 0.25) is 0 Å². The molecule has 20 heavy (non-hydrogen) atoms. The number of benzene rings is 1. The van der Waals surface area contributed by atoms with E-state index in [2.05, 4.69) is 26.3 Å². The highest BCUT2D eigenvalue weighted by Crippen LogP contribution is 2.55. The number of hydrogen-bond acceptors (Lipinski definition) is 4. The summed E-state index contributed by atoms with van der Waals surface area (Å²) in [5.74, 6) is 5.07. The van der Waals surface area contributed by atoms with E-state index in [1.165, 1.54) is 23.3 Å². The largest absolute Gasteiger partial charge is 0.434 e. The molecule has 6 heteroatoms. The van der Waals surface area contributed by atoms with Crippen LogP contribution in [0.5, 0.6) is 11.5 Å². The predicted octanol–water partition coefficient (Wildman–Crippen LogP) is 5.57. The van der Waals surface area contributed by atoms with Crippen molar-refractivity contribution in [1.82, 2.24) is 0 Å². The maximum atomic E-state index is 12.2. The zero-order chi connectivity index (χ0) is 15.2. The Hall–Kier alpha value is -1.76. The van der Waals surface area contributed by atoms with Crippen LogP contribution in [0.3, 0.4) is 0 Å². The van der Waals surface area contributed by atoms with Crippen molar-refractivity contribution >= 4 is 14.7 Å². The predicted molar refractivity (Wildman–Crippen MR) is 83.7 cm³/mol. The third-order valence-corrected chi connectivity index (χ3v) is 5.35. The number of para-hydroxylation sites is 2. The lowest BCUT2D eigenvalue weighted by Gasteiger charge is -2.17. The summed E-state index contributed by atoms with van der Waals surface area (Å²) in [5.41, 5.74) is 0. The standard InChI is InChI=1S/C14H16O4P2/c1-5-19(15,6-2)17-13-11-9-10-12-14(13)18-20(16,7-3)8-4/h5-12H,1-4H2. The molecule has 4 nitrogen and oxygen atoms in total. The van der Waals surface area contributed by atoms with Gasteiger partial charge in [0.25, 0.3) is 14.7 Å². The Kier molecular flexibility index (Phi) is 5.38. The molecular formula is C14H16O4P2. The molecule has 1 aromatic carbocycles. The van der Waals surface area contributed by atoms with Crippen molar-refractivity contribution in [3.63, 3.8) is 0 Å². The maximum Gasteiger partial charge on any atom is 0.291 e. The Morgan fingerprint density at radius 1 is 0.750 bits per heavy atom. The molecule has 1 aromatic rings. The van der Waals surface area contributed by atoms with E-state index >= 15 is 0 Å². The second-order valence-corrected chi connectivity index (χ2v) is 8.06. The summed E-state index contributed by atoms with van der Waals surface area (Å²) < 4.78 is 35.0. The zero-order valence-electron chi connectivity index (χ0n) is 11.0. The topological polar surface area (TPSA) is 52.6 Å². The Labute approximate surface area is 119 Å². The molecule has 0 saturated carbocycles. The van der Waals surface area contributed by atoms with Gasteiger partial charge in [-0.2, -0.15) is 0 Å². The highest BCUT2D eigenvalue weighted by molar-refractivity contribution is 7.66. The van der Waals surface area contributed by atoms with Gasteiger partial charge in [-0.15, -0.1) is 0 Å². The summed E-state index contributed by atoms with van der Waals surface area (Å²) in [6.45, 7) is 13.8. The van der Waals surface area contributed by atoms with E-state index in [1.54, 1.807) is 24.3 Å². The molecule has 0 radical (unpaired) electrons. The van der Waals surface area contributed by atoms with Crippen LogP contribution in [0.2, 0.25) is 0 Å². The molecule has 0 N–H and O–H groups in total. The first-order valence-electron chi connectivity index (χ1n) is 5.63. The second kappa shape index (κ2) is 6.60. The normalized spacial score (nSPS) is 11.2. The maximum absolute atomic E-state index is 12.2. The molecule has 0 aromatic heterocycles. The minimum absolute atomic E-state index is 0.180. The van der Waals surface area contributed by atoms with E-state index in [0.29, 0.717) is 0 Å². The first kappa shape index (κ1) is 16.3. The summed E-state index contributed by atoms with van der Waals surface area (Å²) in [6, 6.07) is 6.44. The third kappa shape index (κ3) is 3.86. The van der Waals surface area contributed by atoms with E-state index in [9.17, 15) is 9.13 Å². The van der Waals surface area contributed by atoms with Crippen LogP contribution in [-0.4, -0.2) is 0 Å². The molecule has 0 atom stereocenters. The second-order valence-electron chi connectivity index (χ2n) is 3.65. The molecule has 0 fully saturated rings. The quantitative estimate of drug-likeness (QED) is 0.589. The van der Waals surface area contributed by atoms with E-state index in [4.69, 9.17) is 9.05 Å². The molecule has 0 saturated heterocycles. The van der Waals surface area contributed by atoms with Crippen molar-refractivity contribution in [2.75, 3.05) is 0 Å². The molecule has 106 valence electrons. The van der Waals surface area contributed by atoms with Crippen molar-refractivity contribution in [3.05, 3.63) is 73.8 Å². The fourth-order valence-electron chi connectivity index (χ4n) is 1.21. The first-order chi connectivity index (χ1) is 9.42. The van der Waals surface area contributed by atoms with Crippen LogP contribution in [-0.2, 0) is 9.13 Å². The minimum Gasteiger partial charge on any atom is -0.434 e. The van der Waals surface area contributed by atoms with Crippen molar-refractivity contribution in [1.29, 1.82) is 0 Å². The highest BCUT2D eigenvalue weighted by atomic mass is 31.2. The van der Waals surface area contributed by atoms with Crippen molar-refractivity contribution in [2.45, 2.75) is 0 Å². The number of hydrogen-bond donors (Lipinski definition) is 0.